The molecule has 3 rings (SSSR count). The molecule has 23 heavy (non-hydrogen) atoms. The van der Waals surface area contributed by atoms with E-state index in [2.05, 4.69) is 42.3 Å². The summed E-state index contributed by atoms with van der Waals surface area (Å²) in [4.78, 5) is 9.34. The minimum atomic E-state index is 0.278. The highest BCUT2D eigenvalue weighted by molar-refractivity contribution is 5.47. The highest BCUT2D eigenvalue weighted by Gasteiger charge is 2.22. The second-order valence-electron chi connectivity index (χ2n) is 6.02. The number of nitrogens with zero attached hydrogens (tertiary/aromatic N) is 2. The first-order valence-electron chi connectivity index (χ1n) is 8.53. The number of hydrogen-bond acceptors (Lipinski definition) is 4. The molecular weight excluding hydrogens is 286 g/mol. The van der Waals surface area contributed by atoms with Crippen LogP contribution in [0.1, 0.15) is 55.2 Å². The molecule has 0 saturated carbocycles. The van der Waals surface area contributed by atoms with E-state index >= 15 is 0 Å². The molecule has 0 saturated heterocycles. The van der Waals surface area contributed by atoms with Crippen molar-refractivity contribution in [1.29, 1.82) is 0 Å². The topological polar surface area (TPSA) is 47.0 Å². The third kappa shape index (κ3) is 3.31. The van der Waals surface area contributed by atoms with Crippen molar-refractivity contribution in [3.63, 3.8) is 0 Å². The molecule has 0 aliphatic heterocycles. The van der Waals surface area contributed by atoms with E-state index in [1.54, 1.807) is 7.11 Å². The predicted octanol–water partition coefficient (Wildman–Crippen LogP) is 4.10. The van der Waals surface area contributed by atoms with E-state index in [1.165, 1.54) is 17.5 Å². The summed E-state index contributed by atoms with van der Waals surface area (Å²) in [6, 6.07) is 6.68. The fourth-order valence-corrected chi connectivity index (χ4v) is 3.21. The maximum Gasteiger partial charge on any atom is 0.148 e. The molecule has 4 nitrogen and oxygen atoms in total. The zero-order valence-corrected chi connectivity index (χ0v) is 14.2. The van der Waals surface area contributed by atoms with Crippen LogP contribution in [-0.2, 0) is 19.3 Å². The number of hydrogen-bond donors (Lipinski definition) is 1. The van der Waals surface area contributed by atoms with Crippen LogP contribution in [-0.4, -0.2) is 17.1 Å². The fourth-order valence-electron chi connectivity index (χ4n) is 3.21. The Kier molecular flexibility index (Phi) is 4.79. The van der Waals surface area contributed by atoms with Crippen LogP contribution >= 0.6 is 0 Å². The lowest BCUT2D eigenvalue weighted by molar-refractivity contribution is 0.413. The van der Waals surface area contributed by atoms with Crippen LogP contribution in [0.15, 0.2) is 24.4 Å². The van der Waals surface area contributed by atoms with E-state index in [0.717, 1.165) is 48.6 Å². The quantitative estimate of drug-likeness (QED) is 0.903. The summed E-state index contributed by atoms with van der Waals surface area (Å²) in [6.45, 7) is 4.23. The molecule has 0 fully saturated rings. The Balaban J connectivity index is 1.93. The SMILES string of the molecule is CCc1cnc(CC)c(NC2CCCc3ccc(OC)cc32)n1. The lowest BCUT2D eigenvalue weighted by Crippen LogP contribution is -2.19. The smallest absolute Gasteiger partial charge is 0.148 e. The molecule has 0 amide bonds. The molecule has 4 heteroatoms. The minimum Gasteiger partial charge on any atom is -0.497 e. The predicted molar refractivity (Wildman–Crippen MR) is 93.1 cm³/mol. The molecule has 122 valence electrons. The highest BCUT2D eigenvalue weighted by atomic mass is 16.5. The summed E-state index contributed by atoms with van der Waals surface area (Å²) in [5.74, 6) is 1.86. The van der Waals surface area contributed by atoms with Gasteiger partial charge in [-0.3, -0.25) is 4.98 Å². The van der Waals surface area contributed by atoms with Gasteiger partial charge < -0.3 is 10.1 Å². The zero-order chi connectivity index (χ0) is 16.2. The Morgan fingerprint density at radius 3 is 2.87 bits per heavy atom. The van der Waals surface area contributed by atoms with Crippen LogP contribution in [0, 0.1) is 0 Å². The van der Waals surface area contributed by atoms with Gasteiger partial charge in [-0.05, 0) is 55.4 Å². The van der Waals surface area contributed by atoms with Crippen molar-refractivity contribution >= 4 is 5.82 Å². The average Bonchev–Trinajstić information content (AvgIpc) is 2.61. The molecule has 2 aromatic rings. The lowest BCUT2D eigenvalue weighted by Gasteiger charge is -2.28. The summed E-state index contributed by atoms with van der Waals surface area (Å²) < 4.78 is 5.40. The van der Waals surface area contributed by atoms with Gasteiger partial charge in [0.2, 0.25) is 0 Å². The van der Waals surface area contributed by atoms with Gasteiger partial charge in [0.25, 0.3) is 0 Å². The summed E-state index contributed by atoms with van der Waals surface area (Å²) in [5.41, 5.74) is 4.82. The number of rotatable bonds is 5. The van der Waals surface area contributed by atoms with Crippen LogP contribution < -0.4 is 10.1 Å². The maximum absolute atomic E-state index is 5.40. The fraction of sp³-hybridized carbons (Fsp3) is 0.474. The van der Waals surface area contributed by atoms with Crippen molar-refractivity contribution in [2.24, 2.45) is 0 Å². The number of methoxy groups -OCH3 is 1. The summed E-state index contributed by atoms with van der Waals surface area (Å²) in [5, 5.41) is 3.65. The van der Waals surface area contributed by atoms with Gasteiger partial charge in [-0.25, -0.2) is 4.98 Å². The van der Waals surface area contributed by atoms with Crippen molar-refractivity contribution in [2.45, 2.75) is 52.0 Å². The maximum atomic E-state index is 5.40. The van der Waals surface area contributed by atoms with Crippen LogP contribution in [0.5, 0.6) is 5.75 Å². The molecule has 1 aliphatic carbocycles. The van der Waals surface area contributed by atoms with Gasteiger partial charge in [0.15, 0.2) is 0 Å². The Morgan fingerprint density at radius 1 is 1.26 bits per heavy atom. The van der Waals surface area contributed by atoms with Crippen molar-refractivity contribution in [1.82, 2.24) is 9.97 Å². The van der Waals surface area contributed by atoms with E-state index in [1.807, 2.05) is 6.20 Å². The highest BCUT2D eigenvalue weighted by Crippen LogP contribution is 2.35. The van der Waals surface area contributed by atoms with Gasteiger partial charge in [0.1, 0.15) is 11.6 Å². The molecular formula is C19H25N3O. The standard InChI is InChI=1S/C19H25N3O/c1-4-14-12-20-17(5-2)19(21-14)22-18-8-6-7-13-9-10-15(23-3)11-16(13)18/h9-12,18H,4-8H2,1-3H3,(H,21,22). The Morgan fingerprint density at radius 2 is 2.13 bits per heavy atom. The van der Waals surface area contributed by atoms with Gasteiger partial charge in [-0.15, -0.1) is 0 Å². The minimum absolute atomic E-state index is 0.278. The molecule has 1 aromatic carbocycles. The number of nitrogens with one attached hydrogen (secondary N) is 1. The summed E-state index contributed by atoms with van der Waals surface area (Å²) in [6.07, 6.45) is 7.12. The van der Waals surface area contributed by atoms with Crippen LogP contribution in [0.3, 0.4) is 0 Å². The Hall–Kier alpha value is -2.10. The molecule has 1 aliphatic rings. The molecule has 0 bridgehead atoms. The Bertz CT molecular complexity index is 684. The van der Waals surface area contributed by atoms with Crippen molar-refractivity contribution in [3.05, 3.63) is 46.9 Å². The van der Waals surface area contributed by atoms with E-state index in [0.29, 0.717) is 0 Å². The molecule has 1 heterocycles. The molecule has 1 atom stereocenters. The van der Waals surface area contributed by atoms with Crippen molar-refractivity contribution < 1.29 is 4.74 Å². The van der Waals surface area contributed by atoms with Crippen LogP contribution in [0.2, 0.25) is 0 Å². The molecule has 0 spiro atoms. The number of aryl methyl sites for hydroxylation is 3. The second kappa shape index (κ2) is 6.99. The number of anilines is 1. The van der Waals surface area contributed by atoms with Gasteiger partial charge in [-0.2, -0.15) is 0 Å². The lowest BCUT2D eigenvalue weighted by atomic mass is 9.87. The number of benzene rings is 1. The van der Waals surface area contributed by atoms with Crippen molar-refractivity contribution in [2.75, 3.05) is 12.4 Å². The molecule has 1 unspecified atom stereocenters. The van der Waals surface area contributed by atoms with E-state index in [9.17, 15) is 0 Å². The average molecular weight is 311 g/mol. The van der Waals surface area contributed by atoms with E-state index in [4.69, 9.17) is 9.72 Å². The third-order valence-electron chi connectivity index (χ3n) is 4.57. The largest absolute Gasteiger partial charge is 0.497 e. The number of aromatic nitrogens is 2. The first-order chi connectivity index (χ1) is 11.2. The van der Waals surface area contributed by atoms with Gasteiger partial charge in [-0.1, -0.05) is 19.9 Å². The monoisotopic (exact) mass is 311 g/mol. The molecule has 0 radical (unpaired) electrons. The molecule has 1 aromatic heterocycles. The zero-order valence-electron chi connectivity index (χ0n) is 14.2. The third-order valence-corrected chi connectivity index (χ3v) is 4.57. The first kappa shape index (κ1) is 15.8. The van der Waals surface area contributed by atoms with E-state index < -0.39 is 0 Å². The van der Waals surface area contributed by atoms with E-state index in [-0.39, 0.29) is 6.04 Å². The van der Waals surface area contributed by atoms with Gasteiger partial charge in [0, 0.05) is 6.20 Å². The number of ether oxygens (including phenoxy) is 1. The second-order valence-corrected chi connectivity index (χ2v) is 6.02. The normalized spacial score (nSPS) is 16.7. The molecule has 1 N–H and O–H groups in total. The summed E-state index contributed by atoms with van der Waals surface area (Å²) >= 11 is 0. The van der Waals surface area contributed by atoms with Crippen molar-refractivity contribution in [3.8, 4) is 5.75 Å². The van der Waals surface area contributed by atoms with Crippen LogP contribution in [0.4, 0.5) is 5.82 Å². The Labute approximate surface area is 138 Å². The number of fused-ring (bicyclic) bond motifs is 1. The van der Waals surface area contributed by atoms with Crippen LogP contribution in [0.25, 0.3) is 0 Å². The van der Waals surface area contributed by atoms with Gasteiger partial charge in [0.05, 0.1) is 24.5 Å². The summed E-state index contributed by atoms with van der Waals surface area (Å²) in [7, 11) is 1.72. The first-order valence-corrected chi connectivity index (χ1v) is 8.53. The van der Waals surface area contributed by atoms with Gasteiger partial charge >= 0.3 is 0 Å².